The lowest BCUT2D eigenvalue weighted by atomic mass is 10.1. The third kappa shape index (κ3) is 5.88. The summed E-state index contributed by atoms with van der Waals surface area (Å²) >= 11 is 1.28. The summed E-state index contributed by atoms with van der Waals surface area (Å²) in [6.07, 6.45) is 2.40. The van der Waals surface area contributed by atoms with E-state index >= 15 is 0 Å². The van der Waals surface area contributed by atoms with Crippen molar-refractivity contribution in [3.63, 3.8) is 0 Å². The number of thioether (sulfide) groups is 1. The maximum atomic E-state index is 14.9. The lowest BCUT2D eigenvalue weighted by molar-refractivity contribution is 0.0697. The van der Waals surface area contributed by atoms with E-state index in [9.17, 15) is 13.6 Å². The van der Waals surface area contributed by atoms with Crippen molar-refractivity contribution < 1.29 is 27.8 Å². The van der Waals surface area contributed by atoms with Gasteiger partial charge in [-0.05, 0) is 24.5 Å². The first-order chi connectivity index (χ1) is 16.7. The summed E-state index contributed by atoms with van der Waals surface area (Å²) in [5.74, 6) is -2.93. The zero-order chi connectivity index (χ0) is 25.8. The van der Waals surface area contributed by atoms with Crippen LogP contribution >= 0.6 is 11.8 Å². The van der Waals surface area contributed by atoms with Crippen molar-refractivity contribution in [1.82, 2.24) is 9.97 Å². The quantitative estimate of drug-likeness (QED) is 0.370. The fourth-order valence-electron chi connectivity index (χ4n) is 3.89. The normalized spacial score (nSPS) is 22.5. The number of nitrogens with one attached hydrogen (secondary N) is 1. The third-order valence-corrected chi connectivity index (χ3v) is 7.47. The van der Waals surface area contributed by atoms with E-state index in [2.05, 4.69) is 20.3 Å². The number of hydrogen-bond acceptors (Lipinski definition) is 8. The Morgan fingerprint density at radius 1 is 1.31 bits per heavy atom. The van der Waals surface area contributed by atoms with Gasteiger partial charge in [0.1, 0.15) is 12.3 Å². The molecule has 3 N–H and O–H groups in total. The van der Waals surface area contributed by atoms with Crippen LogP contribution in [0.15, 0.2) is 29.5 Å². The number of methoxy groups -OCH3 is 2. The minimum absolute atomic E-state index is 0.0144. The second-order valence-corrected chi connectivity index (χ2v) is 9.61. The highest BCUT2D eigenvalue weighted by Crippen LogP contribution is 2.66. The summed E-state index contributed by atoms with van der Waals surface area (Å²) in [5.41, 5.74) is 6.12. The number of amides is 1. The highest BCUT2D eigenvalue weighted by atomic mass is 32.2. The highest BCUT2D eigenvalue weighted by molar-refractivity contribution is 8.15. The van der Waals surface area contributed by atoms with E-state index in [4.69, 9.17) is 19.9 Å². The summed E-state index contributed by atoms with van der Waals surface area (Å²) in [4.78, 5) is 24.7. The maximum absolute atomic E-state index is 14.9. The second kappa shape index (κ2) is 11.3. The second-order valence-electron chi connectivity index (χ2n) is 8.23. The summed E-state index contributed by atoms with van der Waals surface area (Å²) in [5, 5.41) is 2.88. The highest BCUT2D eigenvalue weighted by Gasteiger charge is 2.64. The minimum Gasteiger partial charge on any atom is -0.474 e. The van der Waals surface area contributed by atoms with Crippen molar-refractivity contribution in [2.75, 3.05) is 39.8 Å². The van der Waals surface area contributed by atoms with Gasteiger partial charge in [0, 0.05) is 38.9 Å². The predicted molar refractivity (Wildman–Crippen MR) is 130 cm³/mol. The molecule has 1 amide bonds. The minimum atomic E-state index is -1.08. The molecule has 4 atom stereocenters. The maximum Gasteiger partial charge on any atom is 0.275 e. The molecule has 0 bridgehead atoms. The van der Waals surface area contributed by atoms with Gasteiger partial charge in [-0.25, -0.2) is 18.7 Å². The Kier molecular flexibility index (Phi) is 8.62. The summed E-state index contributed by atoms with van der Waals surface area (Å²) in [7, 11) is 4.65. The molecule has 1 saturated carbocycles. The van der Waals surface area contributed by atoms with Crippen LogP contribution in [0.3, 0.4) is 0 Å². The molecular formula is C23H29F2N5O4S. The number of ether oxygens (including phenoxy) is 3. The molecule has 1 aliphatic rings. The number of benzene rings is 1. The Bertz CT molecular complexity index is 1090. The molecule has 2 aromatic rings. The van der Waals surface area contributed by atoms with Crippen LogP contribution < -0.4 is 15.8 Å². The van der Waals surface area contributed by atoms with Crippen LogP contribution in [-0.4, -0.2) is 66.4 Å². The van der Waals surface area contributed by atoms with Crippen molar-refractivity contribution in [3.8, 4) is 5.88 Å². The Hall–Kier alpha value is -2.83. The molecule has 1 aromatic carbocycles. The monoisotopic (exact) mass is 509 g/mol. The van der Waals surface area contributed by atoms with Crippen molar-refractivity contribution >= 4 is 28.5 Å². The van der Waals surface area contributed by atoms with E-state index < -0.39 is 28.2 Å². The fraction of sp³-hybridized carbons (Fsp3) is 0.478. The number of nitrogens with two attached hydrogens (primary N) is 1. The first-order valence-electron chi connectivity index (χ1n) is 10.8. The molecule has 1 fully saturated rings. The molecule has 0 saturated heterocycles. The molecule has 1 heterocycles. The van der Waals surface area contributed by atoms with Crippen molar-refractivity contribution in [1.29, 1.82) is 0 Å². The summed E-state index contributed by atoms with van der Waals surface area (Å²) in [6.45, 7) is 4.28. The number of carbonyl (C=O) groups excluding carboxylic acids is 1. The Morgan fingerprint density at radius 2 is 2.06 bits per heavy atom. The topological polar surface area (TPSA) is 121 Å². The number of halogens is 2. The third-order valence-electron chi connectivity index (χ3n) is 5.95. The number of amidine groups is 1. The van der Waals surface area contributed by atoms with Crippen LogP contribution in [0.4, 0.5) is 14.5 Å². The molecule has 12 heteroatoms. The van der Waals surface area contributed by atoms with Crippen LogP contribution in [0.25, 0.3) is 0 Å². The molecule has 0 radical (unpaired) electrons. The van der Waals surface area contributed by atoms with E-state index in [1.165, 1.54) is 37.3 Å². The van der Waals surface area contributed by atoms with Crippen LogP contribution in [-0.2, 0) is 9.47 Å². The van der Waals surface area contributed by atoms with Gasteiger partial charge in [-0.1, -0.05) is 18.7 Å². The lowest BCUT2D eigenvalue weighted by Crippen LogP contribution is -2.23. The standard InChI is InChI=1S/C23H29F2N5O4S/c1-12(33-5)10-34-18-9-28-17(8-29-18)21(31)30-14-6-15(20(25)16(24)7-14)19-13(2)23(19,11-32-4)35-22(26)27-3/h6-9,12-13,19H,10-11H2,1-5H3,(H2,26,27)(H,30,31)/t12?,13?,19?,23-/m0/s1. The zero-order valence-corrected chi connectivity index (χ0v) is 21.0. The van der Waals surface area contributed by atoms with E-state index in [1.54, 1.807) is 14.2 Å². The van der Waals surface area contributed by atoms with Gasteiger partial charge in [0.05, 0.1) is 29.9 Å². The molecule has 0 spiro atoms. The Labute approximate surface area is 206 Å². The lowest BCUT2D eigenvalue weighted by Gasteiger charge is -2.17. The number of rotatable bonds is 10. The average molecular weight is 510 g/mol. The van der Waals surface area contributed by atoms with Crippen LogP contribution in [0.1, 0.15) is 35.8 Å². The molecule has 1 aliphatic carbocycles. The number of anilines is 1. The van der Waals surface area contributed by atoms with Gasteiger partial charge in [0.25, 0.3) is 5.91 Å². The van der Waals surface area contributed by atoms with Crippen LogP contribution in [0, 0.1) is 17.6 Å². The first-order valence-corrected chi connectivity index (χ1v) is 11.7. The molecule has 3 unspecified atom stereocenters. The number of nitrogens with zero attached hydrogens (tertiary/aromatic N) is 3. The molecule has 3 rings (SSSR count). The van der Waals surface area contributed by atoms with E-state index in [0.717, 1.165) is 6.07 Å². The summed E-state index contributed by atoms with van der Waals surface area (Å²) in [6, 6.07) is 2.35. The average Bonchev–Trinajstić information content (AvgIpc) is 3.41. The SMILES string of the molecule is CN=C(N)S[C@@]1(COC)C(C)C1c1cc(NC(=O)c2cnc(OCC(C)OC)cn2)cc(F)c1F. The van der Waals surface area contributed by atoms with Crippen molar-refractivity contribution in [2.24, 2.45) is 16.6 Å². The van der Waals surface area contributed by atoms with Gasteiger partial charge >= 0.3 is 0 Å². The predicted octanol–water partition coefficient (Wildman–Crippen LogP) is 3.22. The van der Waals surface area contributed by atoms with Crippen LogP contribution in [0.2, 0.25) is 0 Å². The first kappa shape index (κ1) is 26.8. The molecule has 1 aromatic heterocycles. The Morgan fingerprint density at radius 3 is 2.66 bits per heavy atom. The largest absolute Gasteiger partial charge is 0.474 e. The number of aliphatic imine (C=N–C) groups is 1. The number of hydrogen-bond donors (Lipinski definition) is 2. The van der Waals surface area contributed by atoms with E-state index in [1.807, 2.05) is 13.8 Å². The van der Waals surface area contributed by atoms with Gasteiger partial charge in [-0.15, -0.1) is 0 Å². The fourth-order valence-corrected chi connectivity index (χ4v) is 5.26. The molecule has 190 valence electrons. The Balaban J connectivity index is 1.79. The molecule has 9 nitrogen and oxygen atoms in total. The van der Waals surface area contributed by atoms with Gasteiger partial charge in [0.15, 0.2) is 16.8 Å². The molecule has 35 heavy (non-hydrogen) atoms. The van der Waals surface area contributed by atoms with Crippen molar-refractivity contribution in [3.05, 3.63) is 47.4 Å². The number of carbonyl (C=O) groups is 1. The van der Waals surface area contributed by atoms with Crippen LogP contribution in [0.5, 0.6) is 5.88 Å². The van der Waals surface area contributed by atoms with E-state index in [0.29, 0.717) is 5.17 Å². The molecular weight excluding hydrogens is 480 g/mol. The molecule has 0 aliphatic heterocycles. The van der Waals surface area contributed by atoms with Gasteiger partial charge in [-0.3, -0.25) is 9.79 Å². The summed E-state index contributed by atoms with van der Waals surface area (Å²) < 4.78 is 44.7. The number of aromatic nitrogens is 2. The smallest absolute Gasteiger partial charge is 0.275 e. The van der Waals surface area contributed by atoms with E-state index in [-0.39, 0.29) is 48.1 Å². The van der Waals surface area contributed by atoms with Crippen molar-refractivity contribution in [2.45, 2.75) is 30.6 Å². The zero-order valence-electron chi connectivity index (χ0n) is 20.2. The van der Waals surface area contributed by atoms with Gasteiger partial charge in [-0.2, -0.15) is 0 Å². The van der Waals surface area contributed by atoms with Gasteiger partial charge < -0.3 is 25.3 Å². The van der Waals surface area contributed by atoms with Gasteiger partial charge in [0.2, 0.25) is 5.88 Å².